The Kier molecular flexibility index (Phi) is 14400. The molecule has 0 nitrogen and oxygen atoms in total. The van der Waals surface area contributed by atoms with Crippen molar-refractivity contribution >= 4 is 0 Å². The Hall–Kier alpha value is 0.103. The van der Waals surface area contributed by atoms with Gasteiger partial charge in [-0.05, 0) is 0 Å². The van der Waals surface area contributed by atoms with Gasteiger partial charge in [0.25, 0.3) is 0 Å². The van der Waals surface area contributed by atoms with Gasteiger partial charge in [0.05, 0.1) is 0 Å². The molecule has 0 aliphatic carbocycles. The molecule has 0 saturated carbocycles. The zero-order valence-corrected chi connectivity index (χ0v) is 4.92. The summed E-state index contributed by atoms with van der Waals surface area (Å²) in [5.74, 6) is 0. The molecule has 0 amide bonds. The summed E-state index contributed by atoms with van der Waals surface area (Å²) in [5, 5.41) is 0. The summed E-state index contributed by atoms with van der Waals surface area (Å²) < 4.78 is 0. The first-order chi connectivity index (χ1) is 2.00. The van der Waals surface area contributed by atoms with E-state index in [1.54, 1.807) is 0 Å². The van der Waals surface area contributed by atoms with Crippen molar-refractivity contribution < 1.29 is 19.5 Å². The minimum absolute atomic E-state index is 0. The molecular weight excluding hydrogens is 149 g/mol. The Morgan fingerprint density at radius 3 is 0.600 bits per heavy atom. The maximum Gasteiger partial charge on any atom is 0 e. The van der Waals surface area contributed by atoms with Crippen LogP contribution in [0.5, 0.6) is 0 Å². The van der Waals surface area contributed by atoms with Crippen LogP contribution < -0.4 is 0 Å². The first-order valence-corrected chi connectivity index (χ1v) is 1.000. The third-order valence-corrected chi connectivity index (χ3v) is 0. The Balaban J connectivity index is -0.0000000133. The second-order valence-electron chi connectivity index (χ2n) is 0. The van der Waals surface area contributed by atoms with Gasteiger partial charge in [0.1, 0.15) is 0 Å². The monoisotopic (exact) mass is 158 g/mol. The van der Waals surface area contributed by atoms with Crippen LogP contribution in [0.1, 0.15) is 0 Å². The first kappa shape index (κ1) is 19.4. The molecule has 0 spiro atoms. The quantitative estimate of drug-likeness (QED) is 0.370. The maximum atomic E-state index is 3.00. The fourth-order valence-electron chi connectivity index (χ4n) is 0. The van der Waals surface area contributed by atoms with Crippen molar-refractivity contribution in [2.45, 2.75) is 0 Å². The summed E-state index contributed by atoms with van der Waals surface area (Å²) in [5.41, 5.74) is 0. The molecule has 0 aromatic carbocycles. The molecule has 5 heavy (non-hydrogen) atoms. The van der Waals surface area contributed by atoms with Gasteiger partial charge in [-0.15, -0.1) is 26.3 Å². The predicted molar refractivity (Wildman–Crippen MR) is 22.5 cm³/mol. The van der Waals surface area contributed by atoms with Gasteiger partial charge in [-0.2, -0.15) is 0 Å². The third-order valence-electron chi connectivity index (χ3n) is 0. The molecular formula is C4H8Ru. The molecule has 0 saturated heterocycles. The van der Waals surface area contributed by atoms with E-state index in [2.05, 4.69) is 26.3 Å². The van der Waals surface area contributed by atoms with E-state index in [1.807, 2.05) is 0 Å². The van der Waals surface area contributed by atoms with Crippen LogP contribution in [-0.4, -0.2) is 0 Å². The fourth-order valence-corrected chi connectivity index (χ4v) is 0. The predicted octanol–water partition coefficient (Wildman–Crippen LogP) is 1.60. The van der Waals surface area contributed by atoms with Crippen LogP contribution in [0.3, 0.4) is 0 Å². The largest absolute Gasteiger partial charge is 0.106 e. The summed E-state index contributed by atoms with van der Waals surface area (Å²) in [6, 6.07) is 0. The number of hydrogen-bond donors (Lipinski definition) is 0. The van der Waals surface area contributed by atoms with E-state index in [0.717, 1.165) is 0 Å². The molecule has 0 rings (SSSR count). The fraction of sp³-hybridized carbons (Fsp3) is 0. The van der Waals surface area contributed by atoms with Crippen LogP contribution in [0.4, 0.5) is 0 Å². The Bertz CT molecular complexity index is 5.61. The van der Waals surface area contributed by atoms with Crippen LogP contribution in [0.25, 0.3) is 0 Å². The molecule has 0 atom stereocenters. The molecule has 1 heteroatoms. The number of hydrogen-bond acceptors (Lipinski definition) is 0. The summed E-state index contributed by atoms with van der Waals surface area (Å²) >= 11 is 0. The van der Waals surface area contributed by atoms with Crippen molar-refractivity contribution in [3.05, 3.63) is 26.3 Å². The molecule has 0 unspecified atom stereocenters. The minimum Gasteiger partial charge on any atom is -0.106 e. The average Bonchev–Trinajstić information content (AvgIpc) is 1.50. The summed E-state index contributed by atoms with van der Waals surface area (Å²) in [6.07, 6.45) is 0. The molecule has 0 aromatic rings. The second-order valence-corrected chi connectivity index (χ2v) is 0. The van der Waals surface area contributed by atoms with E-state index in [-0.39, 0.29) is 19.5 Å². The smallest absolute Gasteiger partial charge is 0 e. The van der Waals surface area contributed by atoms with E-state index < -0.39 is 0 Å². The summed E-state index contributed by atoms with van der Waals surface area (Å²) in [6.45, 7) is 12.0. The van der Waals surface area contributed by atoms with Crippen LogP contribution in [0.15, 0.2) is 26.3 Å². The third kappa shape index (κ3) is 1700. The Morgan fingerprint density at radius 1 is 0.600 bits per heavy atom. The van der Waals surface area contributed by atoms with Gasteiger partial charge in [-0.3, -0.25) is 0 Å². The van der Waals surface area contributed by atoms with Crippen molar-refractivity contribution in [2.24, 2.45) is 0 Å². The maximum absolute atomic E-state index is 3.00. The van der Waals surface area contributed by atoms with E-state index in [0.29, 0.717) is 0 Å². The van der Waals surface area contributed by atoms with Gasteiger partial charge in [-0.25, -0.2) is 0 Å². The van der Waals surface area contributed by atoms with Crippen molar-refractivity contribution in [1.82, 2.24) is 0 Å². The van der Waals surface area contributed by atoms with Crippen LogP contribution >= 0.6 is 0 Å². The molecule has 0 aliphatic heterocycles. The minimum atomic E-state index is 0. The molecule has 0 radical (unpaired) electrons. The average molecular weight is 157 g/mol. The van der Waals surface area contributed by atoms with Crippen LogP contribution in [0.2, 0.25) is 0 Å². The molecule has 0 bridgehead atoms. The molecule has 32 valence electrons. The van der Waals surface area contributed by atoms with Gasteiger partial charge in [0, 0.05) is 19.5 Å². The second kappa shape index (κ2) is 3700. The zero-order valence-electron chi connectivity index (χ0n) is 3.18. The van der Waals surface area contributed by atoms with Crippen LogP contribution in [0, 0.1) is 0 Å². The van der Waals surface area contributed by atoms with E-state index in [4.69, 9.17) is 0 Å². The topological polar surface area (TPSA) is 0 Å². The van der Waals surface area contributed by atoms with Gasteiger partial charge in [-0.1, -0.05) is 0 Å². The first-order valence-electron chi connectivity index (χ1n) is 1.000. The SMILES string of the molecule is C=C.C=C.[Ru]. The molecule has 0 fully saturated rings. The van der Waals surface area contributed by atoms with E-state index >= 15 is 0 Å². The summed E-state index contributed by atoms with van der Waals surface area (Å²) in [4.78, 5) is 0. The molecule has 0 N–H and O–H groups in total. The molecule has 0 aliphatic rings. The van der Waals surface area contributed by atoms with Crippen molar-refractivity contribution in [3.63, 3.8) is 0 Å². The molecule has 0 aromatic heterocycles. The van der Waals surface area contributed by atoms with E-state index in [9.17, 15) is 0 Å². The number of rotatable bonds is 0. The molecule has 0 heterocycles. The van der Waals surface area contributed by atoms with E-state index in [1.165, 1.54) is 0 Å². The van der Waals surface area contributed by atoms with Crippen LogP contribution in [-0.2, 0) is 19.5 Å². The Labute approximate surface area is 46.3 Å². The summed E-state index contributed by atoms with van der Waals surface area (Å²) in [7, 11) is 0. The van der Waals surface area contributed by atoms with Gasteiger partial charge in [0.15, 0.2) is 0 Å². The standard InChI is InChI=1S/2C2H4.Ru/c2*1-2;/h2*1-2H2;. The van der Waals surface area contributed by atoms with Crippen molar-refractivity contribution in [3.8, 4) is 0 Å². The van der Waals surface area contributed by atoms with Gasteiger partial charge < -0.3 is 0 Å². The Morgan fingerprint density at radius 2 is 0.600 bits per heavy atom. The van der Waals surface area contributed by atoms with Crippen molar-refractivity contribution in [1.29, 1.82) is 0 Å². The van der Waals surface area contributed by atoms with Gasteiger partial charge in [0.2, 0.25) is 0 Å². The zero-order chi connectivity index (χ0) is 4.00. The van der Waals surface area contributed by atoms with Gasteiger partial charge >= 0.3 is 0 Å². The normalized spacial score (nSPS) is 1.60. The van der Waals surface area contributed by atoms with Crippen molar-refractivity contribution in [2.75, 3.05) is 0 Å².